The number of fused-ring (bicyclic) bond motifs is 1. The normalized spacial score (nSPS) is 12.3. The Labute approximate surface area is 151 Å². The van der Waals surface area contributed by atoms with Crippen molar-refractivity contribution in [1.29, 1.82) is 0 Å². The van der Waals surface area contributed by atoms with Crippen LogP contribution in [0.25, 0.3) is 17.0 Å². The third kappa shape index (κ3) is 2.91. The van der Waals surface area contributed by atoms with Crippen molar-refractivity contribution in [2.24, 2.45) is 0 Å². The van der Waals surface area contributed by atoms with E-state index in [1.165, 1.54) is 3.97 Å². The number of benzene rings is 2. The molecular weight excluding hydrogens is 442 g/mol. The Morgan fingerprint density at radius 1 is 1.09 bits per heavy atom. The first-order valence-electron chi connectivity index (χ1n) is 6.84. The first kappa shape index (κ1) is 16.5. The van der Waals surface area contributed by atoms with Gasteiger partial charge in [0.05, 0.1) is 10.4 Å². The summed E-state index contributed by atoms with van der Waals surface area (Å²) in [5, 5.41) is 0.860. The van der Waals surface area contributed by atoms with E-state index in [1.807, 2.05) is 25.1 Å². The molecule has 0 bridgehead atoms. The average Bonchev–Trinajstić information content (AvgIpc) is 2.89. The number of rotatable bonds is 3. The number of halogens is 2. The van der Waals surface area contributed by atoms with Gasteiger partial charge in [0.2, 0.25) is 0 Å². The van der Waals surface area contributed by atoms with Crippen molar-refractivity contribution in [3.8, 4) is 0 Å². The van der Waals surface area contributed by atoms with Gasteiger partial charge in [-0.1, -0.05) is 55.6 Å². The quantitative estimate of drug-likeness (QED) is 0.537. The van der Waals surface area contributed by atoms with E-state index in [1.54, 1.807) is 41.5 Å². The standard InChI is InChI=1S/C17H13Br2NO2S/c1-12-5-7-14(8-6-12)23(21,22)20-11-13(9-10-18)17-15(19)3-2-4-16(17)20/h2-11H,1H3/b10-9-. The molecule has 3 aromatic rings. The highest BCUT2D eigenvalue weighted by atomic mass is 79.9. The van der Waals surface area contributed by atoms with Crippen LogP contribution >= 0.6 is 31.9 Å². The average molecular weight is 455 g/mol. The zero-order chi connectivity index (χ0) is 16.6. The zero-order valence-electron chi connectivity index (χ0n) is 12.2. The maximum absolute atomic E-state index is 13.0. The van der Waals surface area contributed by atoms with E-state index in [9.17, 15) is 8.42 Å². The molecular formula is C17H13Br2NO2S. The summed E-state index contributed by atoms with van der Waals surface area (Å²) < 4.78 is 28.2. The molecule has 0 atom stereocenters. The molecule has 23 heavy (non-hydrogen) atoms. The fourth-order valence-electron chi connectivity index (χ4n) is 2.46. The smallest absolute Gasteiger partial charge is 0.240 e. The van der Waals surface area contributed by atoms with Crippen LogP contribution in [0.3, 0.4) is 0 Å². The van der Waals surface area contributed by atoms with Crippen LogP contribution in [0, 0.1) is 6.92 Å². The number of aryl methyl sites for hydroxylation is 1. The fraction of sp³-hybridized carbons (Fsp3) is 0.0588. The van der Waals surface area contributed by atoms with Gasteiger partial charge in [-0.15, -0.1) is 0 Å². The summed E-state index contributed by atoms with van der Waals surface area (Å²) in [4.78, 5) is 1.98. The van der Waals surface area contributed by atoms with Gasteiger partial charge in [0.25, 0.3) is 10.0 Å². The molecule has 0 radical (unpaired) electrons. The van der Waals surface area contributed by atoms with Crippen molar-refractivity contribution in [3.05, 3.63) is 69.2 Å². The van der Waals surface area contributed by atoms with E-state index in [0.717, 1.165) is 21.0 Å². The van der Waals surface area contributed by atoms with Crippen molar-refractivity contribution >= 4 is 58.9 Å². The highest BCUT2D eigenvalue weighted by molar-refractivity contribution is 9.11. The second-order valence-corrected chi connectivity index (χ2v) is 8.32. The molecule has 0 aliphatic heterocycles. The lowest BCUT2D eigenvalue weighted by Gasteiger charge is -2.08. The molecule has 3 rings (SSSR count). The summed E-state index contributed by atoms with van der Waals surface area (Å²) in [5.41, 5.74) is 2.48. The van der Waals surface area contributed by atoms with Crippen LogP contribution in [-0.2, 0) is 10.0 Å². The maximum Gasteiger partial charge on any atom is 0.268 e. The molecule has 6 heteroatoms. The summed E-state index contributed by atoms with van der Waals surface area (Å²) in [6.45, 7) is 1.93. The van der Waals surface area contributed by atoms with Crippen LogP contribution in [0.2, 0.25) is 0 Å². The van der Waals surface area contributed by atoms with E-state index in [4.69, 9.17) is 0 Å². The lowest BCUT2D eigenvalue weighted by Crippen LogP contribution is -2.11. The highest BCUT2D eigenvalue weighted by Gasteiger charge is 2.21. The Hall–Kier alpha value is -1.37. The van der Waals surface area contributed by atoms with Crippen molar-refractivity contribution in [1.82, 2.24) is 3.97 Å². The van der Waals surface area contributed by atoms with Gasteiger partial charge in [-0.25, -0.2) is 12.4 Å². The first-order chi connectivity index (χ1) is 10.9. The number of aromatic nitrogens is 1. The van der Waals surface area contributed by atoms with Gasteiger partial charge < -0.3 is 0 Å². The van der Waals surface area contributed by atoms with Crippen LogP contribution in [0.5, 0.6) is 0 Å². The van der Waals surface area contributed by atoms with Crippen LogP contribution in [0.4, 0.5) is 0 Å². The monoisotopic (exact) mass is 453 g/mol. The lowest BCUT2D eigenvalue weighted by atomic mass is 10.2. The molecule has 2 aromatic carbocycles. The Balaban J connectivity index is 2.32. The largest absolute Gasteiger partial charge is 0.268 e. The molecule has 1 heterocycles. The predicted octanol–water partition coefficient (Wildman–Crippen LogP) is 5.31. The number of hydrogen-bond donors (Lipinski definition) is 0. The van der Waals surface area contributed by atoms with Gasteiger partial charge in [0.15, 0.2) is 0 Å². The number of nitrogens with zero attached hydrogens (tertiary/aromatic N) is 1. The lowest BCUT2D eigenvalue weighted by molar-refractivity contribution is 0.589. The molecule has 0 saturated carbocycles. The van der Waals surface area contributed by atoms with Crippen molar-refractivity contribution in [2.45, 2.75) is 11.8 Å². The second kappa shape index (κ2) is 6.26. The molecule has 0 aliphatic rings. The minimum Gasteiger partial charge on any atom is -0.240 e. The molecule has 3 nitrogen and oxygen atoms in total. The minimum absolute atomic E-state index is 0.273. The summed E-state index contributed by atoms with van der Waals surface area (Å²) in [5.74, 6) is 0. The van der Waals surface area contributed by atoms with E-state index in [0.29, 0.717) is 5.52 Å². The summed E-state index contributed by atoms with van der Waals surface area (Å²) in [7, 11) is -3.65. The minimum atomic E-state index is -3.65. The van der Waals surface area contributed by atoms with Gasteiger partial charge >= 0.3 is 0 Å². The van der Waals surface area contributed by atoms with Crippen molar-refractivity contribution in [2.75, 3.05) is 0 Å². The number of hydrogen-bond acceptors (Lipinski definition) is 2. The van der Waals surface area contributed by atoms with Gasteiger partial charge in [-0.05, 0) is 42.3 Å². The first-order valence-corrected chi connectivity index (χ1v) is 9.98. The van der Waals surface area contributed by atoms with Gasteiger partial charge in [0.1, 0.15) is 0 Å². The van der Waals surface area contributed by atoms with Crippen molar-refractivity contribution in [3.63, 3.8) is 0 Å². The van der Waals surface area contributed by atoms with Crippen molar-refractivity contribution < 1.29 is 8.42 Å². The molecule has 1 aromatic heterocycles. The van der Waals surface area contributed by atoms with Gasteiger partial charge in [-0.3, -0.25) is 0 Å². The van der Waals surface area contributed by atoms with Crippen LogP contribution < -0.4 is 0 Å². The third-order valence-corrected chi connectivity index (χ3v) is 6.21. The molecule has 0 N–H and O–H groups in total. The van der Waals surface area contributed by atoms with E-state index in [2.05, 4.69) is 31.9 Å². The topological polar surface area (TPSA) is 39.1 Å². The Kier molecular flexibility index (Phi) is 4.49. The summed E-state index contributed by atoms with van der Waals surface area (Å²) >= 11 is 6.76. The van der Waals surface area contributed by atoms with Crippen LogP contribution in [0.15, 0.2) is 63.0 Å². The van der Waals surface area contributed by atoms with Gasteiger partial charge in [-0.2, -0.15) is 0 Å². The Morgan fingerprint density at radius 3 is 2.43 bits per heavy atom. The third-order valence-electron chi connectivity index (χ3n) is 3.59. The van der Waals surface area contributed by atoms with Crippen LogP contribution in [-0.4, -0.2) is 12.4 Å². The second-order valence-electron chi connectivity index (χ2n) is 5.12. The SMILES string of the molecule is Cc1ccc(S(=O)(=O)n2cc(/C=C\Br)c3c(Br)cccc32)cc1. The molecule has 0 unspecified atom stereocenters. The maximum atomic E-state index is 13.0. The van der Waals surface area contributed by atoms with Crippen LogP contribution in [0.1, 0.15) is 11.1 Å². The Bertz CT molecular complexity index is 1000. The van der Waals surface area contributed by atoms with E-state index >= 15 is 0 Å². The molecule has 118 valence electrons. The van der Waals surface area contributed by atoms with E-state index in [-0.39, 0.29) is 4.90 Å². The molecule has 0 fully saturated rings. The fourth-order valence-corrected chi connectivity index (χ4v) is 4.70. The highest BCUT2D eigenvalue weighted by Crippen LogP contribution is 2.32. The van der Waals surface area contributed by atoms with E-state index < -0.39 is 10.0 Å². The summed E-state index contributed by atoms with van der Waals surface area (Å²) in [6, 6.07) is 12.4. The molecule has 0 saturated heterocycles. The molecule has 0 spiro atoms. The molecule has 0 aliphatic carbocycles. The van der Waals surface area contributed by atoms with Gasteiger partial charge in [0, 0.05) is 21.6 Å². The Morgan fingerprint density at radius 2 is 1.78 bits per heavy atom. The molecule has 0 amide bonds. The zero-order valence-corrected chi connectivity index (χ0v) is 16.2. The summed E-state index contributed by atoms with van der Waals surface area (Å²) in [6.07, 6.45) is 3.47. The predicted molar refractivity (Wildman–Crippen MR) is 101 cm³/mol.